The molecule has 2 aromatic heterocycles. The van der Waals surface area contributed by atoms with E-state index in [0.717, 1.165) is 41.3 Å². The lowest BCUT2D eigenvalue weighted by Crippen LogP contribution is -2.46. The Hall–Kier alpha value is -2.08. The smallest absolute Gasteiger partial charge is 0.307 e. The lowest BCUT2D eigenvalue weighted by Gasteiger charge is -2.57. The van der Waals surface area contributed by atoms with E-state index in [4.69, 9.17) is 16.0 Å². The van der Waals surface area contributed by atoms with Gasteiger partial charge in [0.05, 0.1) is 23.0 Å². The maximum absolute atomic E-state index is 12.5. The van der Waals surface area contributed by atoms with Gasteiger partial charge in [-0.2, -0.15) is 10.2 Å². The molecule has 0 aliphatic heterocycles. The number of hydrogen-bond acceptors (Lipinski definition) is 4. The molecule has 6 nitrogen and oxygen atoms in total. The Morgan fingerprint density at radius 2 is 1.87 bits per heavy atom. The van der Waals surface area contributed by atoms with Crippen LogP contribution in [0.2, 0.25) is 5.02 Å². The number of nitrogens with zero attached hydrogens (tertiary/aromatic N) is 3. The van der Waals surface area contributed by atoms with Gasteiger partial charge in [-0.3, -0.25) is 9.48 Å². The second-order valence-corrected chi connectivity index (χ2v) is 10.7. The molecule has 4 bridgehead atoms. The topological polar surface area (TPSA) is 72.4 Å². The summed E-state index contributed by atoms with van der Waals surface area (Å²) in [5, 5.41) is 9.49. The largest absolute Gasteiger partial charge is 0.454 e. The summed E-state index contributed by atoms with van der Waals surface area (Å²) in [6.45, 7) is 6.26. The Labute approximate surface area is 188 Å². The first-order valence-corrected chi connectivity index (χ1v) is 11.8. The van der Waals surface area contributed by atoms with E-state index in [-0.39, 0.29) is 11.7 Å². The number of carbonyl (C=O) groups excluding carboxylic acids is 1. The summed E-state index contributed by atoms with van der Waals surface area (Å²) in [6, 6.07) is 3.48. The average Bonchev–Trinajstić information content (AvgIpc) is 3.26. The zero-order valence-electron chi connectivity index (χ0n) is 18.6. The molecule has 0 aromatic carbocycles. The number of hydrogen-bond donors (Lipinski definition) is 1. The van der Waals surface area contributed by atoms with Gasteiger partial charge in [-0.25, -0.2) is 5.43 Å². The molecule has 0 saturated heterocycles. The maximum atomic E-state index is 12.5. The van der Waals surface area contributed by atoms with Crippen LogP contribution in [0.25, 0.3) is 0 Å². The fraction of sp³-hybridized carbons (Fsp3) is 0.625. The number of furan rings is 1. The second-order valence-electron chi connectivity index (χ2n) is 10.3. The van der Waals surface area contributed by atoms with Crippen molar-refractivity contribution in [2.24, 2.45) is 28.3 Å². The lowest BCUT2D eigenvalue weighted by molar-refractivity contribution is -0.0482. The van der Waals surface area contributed by atoms with Crippen molar-refractivity contribution < 1.29 is 9.21 Å². The van der Waals surface area contributed by atoms with Crippen LogP contribution in [0.1, 0.15) is 79.6 Å². The van der Waals surface area contributed by atoms with Gasteiger partial charge >= 0.3 is 5.91 Å². The quantitative estimate of drug-likeness (QED) is 0.473. The first-order chi connectivity index (χ1) is 14.8. The summed E-state index contributed by atoms with van der Waals surface area (Å²) in [5.74, 6) is 3.37. The van der Waals surface area contributed by atoms with E-state index in [1.54, 1.807) is 16.8 Å². The molecule has 2 heterocycles. The van der Waals surface area contributed by atoms with Crippen LogP contribution in [-0.2, 0) is 6.54 Å². The molecule has 4 aliphatic rings. The highest BCUT2D eigenvalue weighted by molar-refractivity contribution is 6.31. The monoisotopic (exact) mass is 442 g/mol. The lowest BCUT2D eigenvalue weighted by atomic mass is 9.48. The summed E-state index contributed by atoms with van der Waals surface area (Å²) in [7, 11) is 0. The van der Waals surface area contributed by atoms with E-state index in [1.165, 1.54) is 38.5 Å². The Morgan fingerprint density at radius 1 is 1.23 bits per heavy atom. The van der Waals surface area contributed by atoms with Crippen molar-refractivity contribution in [3.63, 3.8) is 0 Å². The second kappa shape index (κ2) is 7.80. The third-order valence-electron chi connectivity index (χ3n) is 7.63. The van der Waals surface area contributed by atoms with Crippen LogP contribution in [-0.4, -0.2) is 21.4 Å². The third-order valence-corrected chi connectivity index (χ3v) is 8.18. The van der Waals surface area contributed by atoms with E-state index in [1.807, 2.05) is 20.8 Å². The standard InChI is InChI=1S/C24H31ClN4O2/c1-14(9-24-10-17-6-18(11-24)8-19(7-17)12-24)26-27-23(30)21-5-4-20(31-21)13-29-16(3)22(25)15(2)28-29/h4-5,17-19H,6-13H2,1-3H3,(H,27,30)/b26-14+. The molecule has 0 atom stereocenters. The van der Waals surface area contributed by atoms with Gasteiger partial charge in [-0.1, -0.05) is 11.6 Å². The zero-order valence-corrected chi connectivity index (χ0v) is 19.3. The van der Waals surface area contributed by atoms with Gasteiger partial charge in [0.15, 0.2) is 5.76 Å². The van der Waals surface area contributed by atoms with Gasteiger partial charge in [-0.05, 0) is 101 Å². The number of aryl methyl sites for hydroxylation is 1. The molecule has 2 aromatic rings. The number of nitrogens with one attached hydrogen (secondary N) is 1. The first-order valence-electron chi connectivity index (χ1n) is 11.4. The summed E-state index contributed by atoms with van der Waals surface area (Å²) >= 11 is 6.21. The molecule has 31 heavy (non-hydrogen) atoms. The SMILES string of the molecule is C/C(CC12CC3CC(CC(C3)C1)C2)=N\NC(=O)c1ccc(Cn2nc(C)c(Cl)c2C)o1. The Kier molecular flexibility index (Phi) is 5.24. The number of hydrazone groups is 1. The van der Waals surface area contributed by atoms with E-state index in [9.17, 15) is 4.79 Å². The van der Waals surface area contributed by atoms with Crippen LogP contribution in [0.5, 0.6) is 0 Å². The molecule has 1 N–H and O–H groups in total. The van der Waals surface area contributed by atoms with Crippen LogP contribution in [0.4, 0.5) is 0 Å². The average molecular weight is 443 g/mol. The number of carbonyl (C=O) groups is 1. The van der Waals surface area contributed by atoms with E-state index in [2.05, 4.69) is 15.6 Å². The van der Waals surface area contributed by atoms with Gasteiger partial charge < -0.3 is 4.42 Å². The molecule has 4 fully saturated rings. The molecule has 0 unspecified atom stereocenters. The van der Waals surface area contributed by atoms with Gasteiger partial charge in [-0.15, -0.1) is 0 Å². The van der Waals surface area contributed by atoms with Gasteiger partial charge in [0.2, 0.25) is 0 Å². The first kappa shape index (κ1) is 20.8. The van der Waals surface area contributed by atoms with Crippen LogP contribution >= 0.6 is 11.6 Å². The molecular formula is C24H31ClN4O2. The number of aromatic nitrogens is 2. The van der Waals surface area contributed by atoms with Gasteiger partial charge in [0, 0.05) is 5.71 Å². The van der Waals surface area contributed by atoms with Crippen LogP contribution < -0.4 is 5.43 Å². The van der Waals surface area contributed by atoms with Crippen molar-refractivity contribution in [1.82, 2.24) is 15.2 Å². The Morgan fingerprint density at radius 3 is 2.45 bits per heavy atom. The number of amides is 1. The summed E-state index contributed by atoms with van der Waals surface area (Å²) in [6.07, 6.45) is 9.36. The fourth-order valence-corrected chi connectivity index (χ4v) is 6.99. The predicted octanol–water partition coefficient (Wildman–Crippen LogP) is 5.51. The summed E-state index contributed by atoms with van der Waals surface area (Å²) < 4.78 is 7.52. The minimum absolute atomic E-state index is 0.258. The molecule has 6 rings (SSSR count). The maximum Gasteiger partial charge on any atom is 0.307 e. The highest BCUT2D eigenvalue weighted by Gasteiger charge is 2.50. The van der Waals surface area contributed by atoms with Crippen molar-refractivity contribution in [2.45, 2.75) is 72.3 Å². The molecule has 4 aliphatic carbocycles. The van der Waals surface area contributed by atoms with Crippen molar-refractivity contribution in [2.75, 3.05) is 0 Å². The van der Waals surface area contributed by atoms with Crippen molar-refractivity contribution in [3.8, 4) is 0 Å². The Bertz CT molecular complexity index is 999. The zero-order chi connectivity index (χ0) is 21.8. The van der Waals surface area contributed by atoms with Crippen molar-refractivity contribution >= 4 is 23.2 Å². The van der Waals surface area contributed by atoms with Crippen LogP contribution in [0.3, 0.4) is 0 Å². The van der Waals surface area contributed by atoms with Gasteiger partial charge in [0.1, 0.15) is 5.76 Å². The van der Waals surface area contributed by atoms with E-state index >= 15 is 0 Å². The fourth-order valence-electron chi connectivity index (χ4n) is 6.85. The molecule has 4 saturated carbocycles. The highest BCUT2D eigenvalue weighted by atomic mass is 35.5. The molecule has 7 heteroatoms. The highest BCUT2D eigenvalue weighted by Crippen LogP contribution is 2.61. The minimum atomic E-state index is -0.317. The minimum Gasteiger partial charge on any atom is -0.454 e. The van der Waals surface area contributed by atoms with Crippen LogP contribution in [0, 0.1) is 37.0 Å². The molecule has 1 amide bonds. The summed E-state index contributed by atoms with van der Waals surface area (Å²) in [4.78, 5) is 12.5. The Balaban J connectivity index is 1.20. The predicted molar refractivity (Wildman–Crippen MR) is 120 cm³/mol. The van der Waals surface area contributed by atoms with Crippen molar-refractivity contribution in [3.05, 3.63) is 40.1 Å². The van der Waals surface area contributed by atoms with E-state index in [0.29, 0.717) is 22.7 Å². The normalized spacial score (nSPS) is 29.5. The van der Waals surface area contributed by atoms with Crippen LogP contribution in [0.15, 0.2) is 21.7 Å². The molecule has 166 valence electrons. The molecule has 0 spiro atoms. The third kappa shape index (κ3) is 4.07. The molecule has 0 radical (unpaired) electrons. The molecular weight excluding hydrogens is 412 g/mol. The van der Waals surface area contributed by atoms with Gasteiger partial charge in [0.25, 0.3) is 0 Å². The number of rotatable bonds is 6. The summed E-state index contributed by atoms with van der Waals surface area (Å²) in [5.41, 5.74) is 5.80. The van der Waals surface area contributed by atoms with Crippen molar-refractivity contribution in [1.29, 1.82) is 0 Å². The number of halogens is 1. The van der Waals surface area contributed by atoms with E-state index < -0.39 is 0 Å².